The Morgan fingerprint density at radius 2 is 1.87 bits per heavy atom. The smallest absolute Gasteiger partial charge is 0.272 e. The van der Waals surface area contributed by atoms with E-state index in [4.69, 9.17) is 11.6 Å². The molecule has 0 radical (unpaired) electrons. The van der Waals surface area contributed by atoms with Gasteiger partial charge in [-0.1, -0.05) is 23.7 Å². The third-order valence-corrected chi connectivity index (χ3v) is 3.82. The van der Waals surface area contributed by atoms with Crippen LogP contribution in [0.25, 0.3) is 0 Å². The first-order valence-corrected chi connectivity index (χ1v) is 8.11. The molecule has 0 saturated heterocycles. The van der Waals surface area contributed by atoms with E-state index in [2.05, 4.69) is 15.3 Å². The predicted molar refractivity (Wildman–Crippen MR) is 92.9 cm³/mol. The molecule has 1 aromatic heterocycles. The van der Waals surface area contributed by atoms with E-state index in [-0.39, 0.29) is 5.91 Å². The second-order valence-corrected chi connectivity index (χ2v) is 5.51. The van der Waals surface area contributed by atoms with Gasteiger partial charge in [-0.25, -0.2) is 9.97 Å². The molecule has 0 aliphatic heterocycles. The van der Waals surface area contributed by atoms with E-state index in [9.17, 15) is 4.79 Å². The third kappa shape index (κ3) is 4.93. The van der Waals surface area contributed by atoms with Gasteiger partial charge in [-0.15, -0.1) is 0 Å². The second-order valence-electron chi connectivity index (χ2n) is 5.07. The number of nitrogens with one attached hydrogen (secondary N) is 1. The van der Waals surface area contributed by atoms with Crippen molar-refractivity contribution in [2.75, 3.05) is 25.0 Å². The van der Waals surface area contributed by atoms with Gasteiger partial charge in [-0.3, -0.25) is 4.79 Å². The molecule has 0 spiro atoms. The zero-order valence-electron chi connectivity index (χ0n) is 13.4. The lowest BCUT2D eigenvalue weighted by atomic mass is 10.1. The first-order valence-electron chi connectivity index (χ1n) is 7.73. The van der Waals surface area contributed by atoms with Gasteiger partial charge in [-0.2, -0.15) is 0 Å². The average molecular weight is 333 g/mol. The van der Waals surface area contributed by atoms with Crippen molar-refractivity contribution >= 4 is 23.3 Å². The lowest BCUT2D eigenvalue weighted by molar-refractivity contribution is 0.0767. The van der Waals surface area contributed by atoms with Crippen LogP contribution in [-0.2, 0) is 6.42 Å². The Balaban J connectivity index is 1.94. The number of benzene rings is 1. The van der Waals surface area contributed by atoms with Crippen molar-refractivity contribution in [2.24, 2.45) is 0 Å². The van der Waals surface area contributed by atoms with Gasteiger partial charge < -0.3 is 10.2 Å². The molecule has 0 fully saturated rings. The molecule has 1 aromatic carbocycles. The largest absolute Gasteiger partial charge is 0.370 e. The molecule has 6 heteroatoms. The van der Waals surface area contributed by atoms with Crippen molar-refractivity contribution in [3.05, 3.63) is 52.9 Å². The lowest BCUT2D eigenvalue weighted by Gasteiger charge is -2.18. The van der Waals surface area contributed by atoms with Gasteiger partial charge in [0.25, 0.3) is 5.91 Å². The fraction of sp³-hybridized carbons (Fsp3) is 0.353. The molecule has 0 saturated carbocycles. The minimum atomic E-state index is -0.0712. The van der Waals surface area contributed by atoms with Gasteiger partial charge in [0.1, 0.15) is 17.8 Å². The Morgan fingerprint density at radius 3 is 2.52 bits per heavy atom. The number of aromatic nitrogens is 2. The zero-order valence-corrected chi connectivity index (χ0v) is 14.2. The number of amides is 1. The van der Waals surface area contributed by atoms with E-state index in [1.165, 1.54) is 11.9 Å². The van der Waals surface area contributed by atoms with Gasteiger partial charge in [0.15, 0.2) is 0 Å². The number of anilines is 1. The highest BCUT2D eigenvalue weighted by atomic mass is 35.5. The molecule has 23 heavy (non-hydrogen) atoms. The number of rotatable bonds is 7. The maximum Gasteiger partial charge on any atom is 0.272 e. The van der Waals surface area contributed by atoms with E-state index in [1.807, 2.05) is 38.1 Å². The summed E-state index contributed by atoms with van der Waals surface area (Å²) in [4.78, 5) is 22.3. The first-order chi connectivity index (χ1) is 11.1. The van der Waals surface area contributed by atoms with Crippen molar-refractivity contribution in [3.63, 3.8) is 0 Å². The molecule has 122 valence electrons. The summed E-state index contributed by atoms with van der Waals surface area (Å²) in [6.07, 6.45) is 2.27. The summed E-state index contributed by atoms with van der Waals surface area (Å²) < 4.78 is 0. The summed E-state index contributed by atoms with van der Waals surface area (Å²) in [5.41, 5.74) is 1.60. The minimum Gasteiger partial charge on any atom is -0.370 e. The summed E-state index contributed by atoms with van der Waals surface area (Å²) in [5, 5.41) is 3.96. The fourth-order valence-electron chi connectivity index (χ4n) is 2.23. The Labute approximate surface area is 141 Å². The standard InChI is InChI=1S/C17H21ClN4O/c1-3-22(4-2)17(23)15-11-16(21-12-20-15)19-10-9-13-5-7-14(18)8-6-13/h5-8,11-12H,3-4,9-10H2,1-2H3,(H,19,20,21). The van der Waals surface area contributed by atoms with E-state index >= 15 is 0 Å². The lowest BCUT2D eigenvalue weighted by Crippen LogP contribution is -2.31. The molecule has 1 N–H and O–H groups in total. The van der Waals surface area contributed by atoms with Crippen LogP contribution in [0.4, 0.5) is 5.82 Å². The normalized spacial score (nSPS) is 10.4. The molecule has 1 heterocycles. The topological polar surface area (TPSA) is 58.1 Å². The summed E-state index contributed by atoms with van der Waals surface area (Å²) in [5.74, 6) is 0.586. The van der Waals surface area contributed by atoms with Crippen LogP contribution in [-0.4, -0.2) is 40.4 Å². The number of hydrogen-bond acceptors (Lipinski definition) is 4. The molecule has 0 atom stereocenters. The molecule has 2 aromatic rings. The molecule has 5 nitrogen and oxygen atoms in total. The monoisotopic (exact) mass is 332 g/mol. The first kappa shape index (κ1) is 17.2. The fourth-order valence-corrected chi connectivity index (χ4v) is 2.36. The molecule has 2 rings (SSSR count). The summed E-state index contributed by atoms with van der Waals surface area (Å²) >= 11 is 5.87. The van der Waals surface area contributed by atoms with Crippen molar-refractivity contribution < 1.29 is 4.79 Å². The van der Waals surface area contributed by atoms with Gasteiger partial charge >= 0.3 is 0 Å². The van der Waals surface area contributed by atoms with Crippen molar-refractivity contribution in [1.82, 2.24) is 14.9 Å². The SMILES string of the molecule is CCN(CC)C(=O)c1cc(NCCc2ccc(Cl)cc2)ncn1. The molecule has 0 bridgehead atoms. The quantitative estimate of drug-likeness (QED) is 0.845. The zero-order chi connectivity index (χ0) is 16.7. The number of carbonyl (C=O) groups is 1. The van der Waals surface area contributed by atoms with Crippen molar-refractivity contribution in [3.8, 4) is 0 Å². The van der Waals surface area contributed by atoms with Crippen LogP contribution in [0.15, 0.2) is 36.7 Å². The molecule has 0 aliphatic carbocycles. The minimum absolute atomic E-state index is 0.0712. The Kier molecular flexibility index (Phi) is 6.35. The van der Waals surface area contributed by atoms with E-state index < -0.39 is 0 Å². The van der Waals surface area contributed by atoms with Crippen LogP contribution in [0.3, 0.4) is 0 Å². The van der Waals surface area contributed by atoms with Crippen LogP contribution in [0.1, 0.15) is 29.9 Å². The Hall–Kier alpha value is -2.14. The van der Waals surface area contributed by atoms with Gasteiger partial charge in [0, 0.05) is 30.7 Å². The van der Waals surface area contributed by atoms with Crippen LogP contribution in [0, 0.1) is 0 Å². The predicted octanol–water partition coefficient (Wildman–Crippen LogP) is 3.27. The number of halogens is 1. The van der Waals surface area contributed by atoms with Crippen LogP contribution < -0.4 is 5.32 Å². The second kappa shape index (κ2) is 8.48. The maximum absolute atomic E-state index is 12.3. The third-order valence-electron chi connectivity index (χ3n) is 3.57. The van der Waals surface area contributed by atoms with Crippen molar-refractivity contribution in [1.29, 1.82) is 0 Å². The molecule has 0 aliphatic rings. The molecular formula is C17H21ClN4O. The van der Waals surface area contributed by atoms with E-state index in [0.717, 1.165) is 18.0 Å². The number of carbonyl (C=O) groups excluding carboxylic acids is 1. The molecule has 1 amide bonds. The van der Waals surface area contributed by atoms with Gasteiger partial charge in [0.2, 0.25) is 0 Å². The number of hydrogen-bond donors (Lipinski definition) is 1. The summed E-state index contributed by atoms with van der Waals surface area (Å²) in [6.45, 7) is 5.95. The highest BCUT2D eigenvalue weighted by molar-refractivity contribution is 6.30. The van der Waals surface area contributed by atoms with Gasteiger partial charge in [-0.05, 0) is 38.0 Å². The number of nitrogens with zero attached hydrogens (tertiary/aromatic N) is 3. The Morgan fingerprint density at radius 1 is 1.17 bits per heavy atom. The van der Waals surface area contributed by atoms with Crippen molar-refractivity contribution in [2.45, 2.75) is 20.3 Å². The van der Waals surface area contributed by atoms with Gasteiger partial charge in [0.05, 0.1) is 0 Å². The maximum atomic E-state index is 12.3. The highest BCUT2D eigenvalue weighted by Crippen LogP contribution is 2.11. The summed E-state index contributed by atoms with van der Waals surface area (Å²) in [6, 6.07) is 9.45. The van der Waals surface area contributed by atoms with Crippen LogP contribution in [0.2, 0.25) is 5.02 Å². The molecular weight excluding hydrogens is 312 g/mol. The molecule has 0 unspecified atom stereocenters. The summed E-state index contributed by atoms with van der Waals surface area (Å²) in [7, 11) is 0. The highest BCUT2D eigenvalue weighted by Gasteiger charge is 2.14. The van der Waals surface area contributed by atoms with Crippen LogP contribution in [0.5, 0.6) is 0 Å². The Bertz CT molecular complexity index is 641. The van der Waals surface area contributed by atoms with E-state index in [1.54, 1.807) is 11.0 Å². The average Bonchev–Trinajstić information content (AvgIpc) is 2.58. The van der Waals surface area contributed by atoms with Crippen LogP contribution >= 0.6 is 11.6 Å². The van der Waals surface area contributed by atoms with E-state index in [0.29, 0.717) is 24.6 Å².